The third-order valence-corrected chi connectivity index (χ3v) is 8.32. The molecule has 1 aromatic carbocycles. The summed E-state index contributed by atoms with van der Waals surface area (Å²) in [5.74, 6) is 0.509. The van der Waals surface area contributed by atoms with Gasteiger partial charge in [0, 0.05) is 36.3 Å². The van der Waals surface area contributed by atoms with Crippen molar-refractivity contribution in [1.29, 1.82) is 0 Å². The smallest absolute Gasteiger partial charge is 0.251 e. The zero-order valence-corrected chi connectivity index (χ0v) is 27.1. The Morgan fingerprint density at radius 3 is 2.40 bits per heavy atom. The maximum Gasteiger partial charge on any atom is 0.251 e. The van der Waals surface area contributed by atoms with Crippen molar-refractivity contribution >= 4 is 11.8 Å². The second kappa shape index (κ2) is 16.7. The highest BCUT2D eigenvalue weighted by Crippen LogP contribution is 2.30. The first kappa shape index (κ1) is 34.5. The van der Waals surface area contributed by atoms with Gasteiger partial charge >= 0.3 is 0 Å². The monoisotopic (exact) mass is 599 g/mol. The average Bonchev–Trinajstić information content (AvgIpc) is 3.36. The van der Waals surface area contributed by atoms with Gasteiger partial charge in [0.25, 0.3) is 5.91 Å². The molecular formula is C32H53N7O4. The molecule has 0 aliphatic heterocycles. The van der Waals surface area contributed by atoms with Gasteiger partial charge in [-0.05, 0) is 105 Å². The number of amides is 2. The van der Waals surface area contributed by atoms with Crippen LogP contribution in [0.15, 0.2) is 24.3 Å². The van der Waals surface area contributed by atoms with Gasteiger partial charge in [0.05, 0.1) is 18.0 Å². The molecule has 0 bridgehead atoms. The number of nitrogens with zero attached hydrogens (tertiary/aromatic N) is 3. The predicted molar refractivity (Wildman–Crippen MR) is 168 cm³/mol. The fourth-order valence-electron chi connectivity index (χ4n) is 4.80. The van der Waals surface area contributed by atoms with Crippen LogP contribution in [-0.4, -0.2) is 78.3 Å². The molecule has 0 saturated carbocycles. The van der Waals surface area contributed by atoms with Crippen molar-refractivity contribution in [3.63, 3.8) is 0 Å². The molecular weight excluding hydrogens is 546 g/mol. The summed E-state index contributed by atoms with van der Waals surface area (Å²) in [5, 5.41) is 21.4. The Bertz CT molecular complexity index is 1150. The van der Waals surface area contributed by atoms with Crippen molar-refractivity contribution in [3.05, 3.63) is 41.2 Å². The molecule has 0 radical (unpaired) electrons. The summed E-state index contributed by atoms with van der Waals surface area (Å²) in [6.07, 6.45) is 7.03. The maximum atomic E-state index is 12.7. The molecule has 1 aliphatic carbocycles. The van der Waals surface area contributed by atoms with E-state index >= 15 is 0 Å². The van der Waals surface area contributed by atoms with Crippen molar-refractivity contribution in [1.82, 2.24) is 36.3 Å². The minimum Gasteiger partial charge on any atom is -0.494 e. The van der Waals surface area contributed by atoms with E-state index in [1.165, 1.54) is 0 Å². The van der Waals surface area contributed by atoms with Crippen LogP contribution in [0.25, 0.3) is 0 Å². The number of fused-ring (bicyclic) bond motifs is 1. The van der Waals surface area contributed by atoms with Gasteiger partial charge in [0.1, 0.15) is 18.5 Å². The number of carbonyl (C=O) groups excluding carboxylic acids is 2. The van der Waals surface area contributed by atoms with E-state index in [-0.39, 0.29) is 35.6 Å². The zero-order valence-electron chi connectivity index (χ0n) is 27.1. The third-order valence-electron chi connectivity index (χ3n) is 8.32. The molecule has 1 unspecified atom stereocenters. The lowest BCUT2D eigenvalue weighted by Crippen LogP contribution is -2.40. The molecule has 1 atom stereocenters. The summed E-state index contributed by atoms with van der Waals surface area (Å²) in [5.41, 5.74) is 2.47. The van der Waals surface area contributed by atoms with E-state index in [2.05, 4.69) is 59.3 Å². The second-order valence-corrected chi connectivity index (χ2v) is 12.6. The summed E-state index contributed by atoms with van der Waals surface area (Å²) < 4.78 is 13.9. The van der Waals surface area contributed by atoms with E-state index in [0.29, 0.717) is 38.2 Å². The molecule has 11 heteroatoms. The van der Waals surface area contributed by atoms with Gasteiger partial charge in [-0.2, -0.15) is 0 Å². The van der Waals surface area contributed by atoms with Crippen molar-refractivity contribution in [2.75, 3.05) is 40.4 Å². The molecule has 0 saturated heterocycles. The van der Waals surface area contributed by atoms with Crippen LogP contribution in [-0.2, 0) is 22.5 Å². The predicted octanol–water partition coefficient (Wildman–Crippen LogP) is 3.54. The maximum absolute atomic E-state index is 12.7. The van der Waals surface area contributed by atoms with Crippen LogP contribution < -0.4 is 26.0 Å². The van der Waals surface area contributed by atoms with Crippen LogP contribution >= 0.6 is 0 Å². The van der Waals surface area contributed by atoms with E-state index in [1.54, 1.807) is 12.1 Å². The molecule has 1 heterocycles. The normalized spacial score (nSPS) is 15.7. The standard InChI is InChI=1S/C32H53N7O4/c1-31(2,33-5)17-20-35-28(40)23-43-27-12-9-7-8-11-26-29(27)39(38-37-26)21-10-19-36-30(41)24-13-15-25(16-14-24)42-22-18-32(3,4)34-6/h13-16,27,33-34H,7-12,17-23H2,1-6H3,(H,35,40)(H,36,41). The Kier molecular flexibility index (Phi) is 13.4. The first-order valence-corrected chi connectivity index (χ1v) is 15.7. The number of carbonyl (C=O) groups is 2. The molecule has 1 aliphatic rings. The van der Waals surface area contributed by atoms with Gasteiger partial charge in [-0.3, -0.25) is 9.59 Å². The highest BCUT2D eigenvalue weighted by molar-refractivity contribution is 5.94. The van der Waals surface area contributed by atoms with E-state index in [9.17, 15) is 9.59 Å². The number of benzene rings is 1. The van der Waals surface area contributed by atoms with Crippen molar-refractivity contribution in [3.8, 4) is 5.75 Å². The minimum atomic E-state index is -0.232. The Morgan fingerprint density at radius 2 is 1.67 bits per heavy atom. The lowest BCUT2D eigenvalue weighted by atomic mass is 9.98. The quantitative estimate of drug-likeness (QED) is 0.203. The van der Waals surface area contributed by atoms with E-state index in [1.807, 2.05) is 30.9 Å². The van der Waals surface area contributed by atoms with Gasteiger partial charge in [-0.25, -0.2) is 4.68 Å². The number of nitrogens with one attached hydrogen (secondary N) is 4. The highest BCUT2D eigenvalue weighted by Gasteiger charge is 2.26. The molecule has 0 fully saturated rings. The summed E-state index contributed by atoms with van der Waals surface area (Å²) in [4.78, 5) is 25.2. The number of ether oxygens (including phenoxy) is 2. The van der Waals surface area contributed by atoms with Crippen LogP contribution in [0.4, 0.5) is 0 Å². The zero-order chi connectivity index (χ0) is 31.3. The lowest BCUT2D eigenvalue weighted by Gasteiger charge is -2.24. The molecule has 43 heavy (non-hydrogen) atoms. The van der Waals surface area contributed by atoms with Crippen LogP contribution in [0, 0.1) is 0 Å². The molecule has 2 aromatic rings. The first-order chi connectivity index (χ1) is 20.5. The number of aromatic nitrogens is 3. The Labute approximate surface area is 257 Å². The van der Waals surface area contributed by atoms with Gasteiger partial charge in [0.15, 0.2) is 0 Å². The summed E-state index contributed by atoms with van der Waals surface area (Å²) in [6, 6.07) is 7.23. The van der Waals surface area contributed by atoms with E-state index < -0.39 is 0 Å². The van der Waals surface area contributed by atoms with E-state index in [0.717, 1.165) is 62.1 Å². The Morgan fingerprint density at radius 1 is 0.953 bits per heavy atom. The lowest BCUT2D eigenvalue weighted by molar-refractivity contribution is -0.128. The fourth-order valence-corrected chi connectivity index (χ4v) is 4.80. The van der Waals surface area contributed by atoms with Crippen LogP contribution in [0.1, 0.15) is 100 Å². The number of hydrogen-bond acceptors (Lipinski definition) is 8. The average molecular weight is 600 g/mol. The number of hydrogen-bond donors (Lipinski definition) is 4. The molecule has 4 N–H and O–H groups in total. The van der Waals surface area contributed by atoms with E-state index in [4.69, 9.17) is 9.47 Å². The first-order valence-electron chi connectivity index (χ1n) is 15.7. The van der Waals surface area contributed by atoms with Crippen molar-refractivity contribution in [2.24, 2.45) is 0 Å². The molecule has 1 aromatic heterocycles. The topological polar surface area (TPSA) is 131 Å². The van der Waals surface area contributed by atoms with Gasteiger partial charge < -0.3 is 30.7 Å². The summed E-state index contributed by atoms with van der Waals surface area (Å²) >= 11 is 0. The van der Waals surface area contributed by atoms with Gasteiger partial charge in [-0.15, -0.1) is 5.10 Å². The molecule has 0 spiro atoms. The molecule has 11 nitrogen and oxygen atoms in total. The molecule has 2 amide bonds. The van der Waals surface area contributed by atoms with Crippen LogP contribution in [0.5, 0.6) is 5.75 Å². The van der Waals surface area contributed by atoms with Crippen LogP contribution in [0.2, 0.25) is 0 Å². The number of rotatable bonds is 17. The van der Waals surface area contributed by atoms with Crippen LogP contribution in [0.3, 0.4) is 0 Å². The number of aryl methyl sites for hydroxylation is 2. The minimum absolute atomic E-state index is 0.00306. The SMILES string of the molecule is CNC(C)(C)CCNC(=O)COC1CCCCCc2nnn(CCCNC(=O)c3ccc(OCCC(C)(C)NC)cc3)c21. The van der Waals surface area contributed by atoms with Crippen molar-refractivity contribution < 1.29 is 19.1 Å². The second-order valence-electron chi connectivity index (χ2n) is 12.6. The van der Waals surface area contributed by atoms with Crippen molar-refractivity contribution in [2.45, 2.75) is 103 Å². The van der Waals surface area contributed by atoms with Gasteiger partial charge in [0.2, 0.25) is 5.91 Å². The Balaban J connectivity index is 1.47. The summed E-state index contributed by atoms with van der Waals surface area (Å²) in [6.45, 7) is 10.8. The molecule has 3 rings (SSSR count). The Hall–Kier alpha value is -3.02. The third kappa shape index (κ3) is 11.5. The van der Waals surface area contributed by atoms with Gasteiger partial charge in [-0.1, -0.05) is 18.1 Å². The molecule has 240 valence electrons. The summed E-state index contributed by atoms with van der Waals surface area (Å²) in [7, 11) is 3.87. The largest absolute Gasteiger partial charge is 0.494 e. The highest BCUT2D eigenvalue weighted by atomic mass is 16.5. The fraction of sp³-hybridized carbons (Fsp3) is 0.688.